The molecule has 0 bridgehead atoms. The summed E-state index contributed by atoms with van der Waals surface area (Å²) in [6, 6.07) is 4.86. The van der Waals surface area contributed by atoms with Crippen molar-refractivity contribution >= 4 is 17.3 Å². The number of benzene rings is 1. The summed E-state index contributed by atoms with van der Waals surface area (Å²) in [6.45, 7) is 3.92. The van der Waals surface area contributed by atoms with E-state index >= 15 is 0 Å². The van der Waals surface area contributed by atoms with E-state index in [0.717, 1.165) is 18.2 Å². The Hall–Kier alpha value is -2.24. The van der Waals surface area contributed by atoms with Gasteiger partial charge < -0.3 is 10.6 Å². The van der Waals surface area contributed by atoms with Crippen LogP contribution in [-0.4, -0.2) is 17.0 Å². The van der Waals surface area contributed by atoms with Crippen LogP contribution in [0, 0.1) is 11.6 Å². The Morgan fingerprint density at radius 2 is 1.75 bits per heavy atom. The number of hydrogen-bond acceptors (Lipinski definition) is 4. The summed E-state index contributed by atoms with van der Waals surface area (Å²) < 4.78 is 26.8. The fraction of sp³-hybridized carbons (Fsp3) is 0.286. The van der Waals surface area contributed by atoms with Gasteiger partial charge >= 0.3 is 0 Å². The van der Waals surface area contributed by atoms with Crippen molar-refractivity contribution < 1.29 is 8.78 Å². The van der Waals surface area contributed by atoms with Gasteiger partial charge in [0.15, 0.2) is 0 Å². The van der Waals surface area contributed by atoms with Gasteiger partial charge in [-0.1, -0.05) is 13.8 Å². The van der Waals surface area contributed by atoms with Crippen LogP contribution in [0.25, 0.3) is 0 Å². The third-order valence-electron chi connectivity index (χ3n) is 2.71. The Morgan fingerprint density at radius 1 is 1.05 bits per heavy atom. The van der Waals surface area contributed by atoms with Crippen molar-refractivity contribution in [3.8, 4) is 0 Å². The largest absolute Gasteiger partial charge is 0.373 e. The quantitative estimate of drug-likeness (QED) is 0.896. The molecule has 0 aliphatic heterocycles. The van der Waals surface area contributed by atoms with Gasteiger partial charge in [-0.2, -0.15) is 0 Å². The second-order valence-electron chi connectivity index (χ2n) is 4.65. The molecule has 0 fully saturated rings. The van der Waals surface area contributed by atoms with Crippen LogP contribution in [0.5, 0.6) is 0 Å². The molecule has 6 heteroatoms. The van der Waals surface area contributed by atoms with Crippen molar-refractivity contribution in [2.75, 3.05) is 17.7 Å². The lowest BCUT2D eigenvalue weighted by Gasteiger charge is -2.12. The van der Waals surface area contributed by atoms with Gasteiger partial charge in [0.1, 0.15) is 29.1 Å². The summed E-state index contributed by atoms with van der Waals surface area (Å²) in [5.74, 6) is 0.723. The molecule has 1 heterocycles. The van der Waals surface area contributed by atoms with Crippen LogP contribution >= 0.6 is 0 Å². The lowest BCUT2D eigenvalue weighted by Crippen LogP contribution is -2.05. The van der Waals surface area contributed by atoms with Crippen molar-refractivity contribution in [3.05, 3.63) is 41.7 Å². The van der Waals surface area contributed by atoms with Crippen molar-refractivity contribution in [1.82, 2.24) is 9.97 Å². The Balaban J connectivity index is 2.37. The zero-order valence-electron chi connectivity index (χ0n) is 11.5. The highest BCUT2D eigenvalue weighted by Gasteiger charge is 2.10. The number of hydrogen-bond donors (Lipinski definition) is 2. The zero-order valence-corrected chi connectivity index (χ0v) is 11.5. The Kier molecular flexibility index (Phi) is 4.12. The highest BCUT2D eigenvalue weighted by Crippen LogP contribution is 2.22. The molecule has 0 atom stereocenters. The molecule has 0 aliphatic carbocycles. The van der Waals surface area contributed by atoms with Gasteiger partial charge in [-0.3, -0.25) is 0 Å². The van der Waals surface area contributed by atoms with Crippen LogP contribution in [0.2, 0.25) is 0 Å². The first-order valence-electron chi connectivity index (χ1n) is 6.28. The summed E-state index contributed by atoms with van der Waals surface area (Å²) in [7, 11) is 1.74. The van der Waals surface area contributed by atoms with Gasteiger partial charge in [0.25, 0.3) is 0 Å². The fourth-order valence-electron chi connectivity index (χ4n) is 1.65. The normalized spacial score (nSPS) is 10.7. The van der Waals surface area contributed by atoms with Gasteiger partial charge in [0.05, 0.1) is 5.69 Å². The van der Waals surface area contributed by atoms with Crippen molar-refractivity contribution in [2.45, 2.75) is 19.8 Å². The maximum Gasteiger partial charge on any atom is 0.146 e. The minimum atomic E-state index is -0.540. The van der Waals surface area contributed by atoms with Gasteiger partial charge in [-0.15, -0.1) is 0 Å². The first kappa shape index (κ1) is 14.2. The number of nitrogens with zero attached hydrogens (tertiary/aromatic N) is 2. The molecule has 4 nitrogen and oxygen atoms in total. The highest BCUT2D eigenvalue weighted by atomic mass is 19.1. The number of nitrogens with one attached hydrogen (secondary N) is 2. The fourth-order valence-corrected chi connectivity index (χ4v) is 1.65. The zero-order chi connectivity index (χ0) is 14.7. The molecule has 1 aromatic carbocycles. The van der Waals surface area contributed by atoms with Crippen LogP contribution in [0.3, 0.4) is 0 Å². The number of anilines is 3. The summed E-state index contributed by atoms with van der Waals surface area (Å²) >= 11 is 0. The van der Waals surface area contributed by atoms with E-state index in [-0.39, 0.29) is 11.6 Å². The number of aromatic nitrogens is 2. The molecule has 0 unspecified atom stereocenters. The molecule has 20 heavy (non-hydrogen) atoms. The van der Waals surface area contributed by atoms with Gasteiger partial charge in [0.2, 0.25) is 0 Å². The lowest BCUT2D eigenvalue weighted by molar-refractivity contribution is 0.603. The Bertz CT molecular complexity index is 614. The van der Waals surface area contributed by atoms with Crippen LogP contribution < -0.4 is 10.6 Å². The summed E-state index contributed by atoms with van der Waals surface area (Å²) in [6.07, 6.45) is 0. The maximum atomic E-state index is 13.6. The van der Waals surface area contributed by atoms with Crippen LogP contribution in [-0.2, 0) is 0 Å². The third kappa shape index (κ3) is 3.20. The summed E-state index contributed by atoms with van der Waals surface area (Å²) in [4.78, 5) is 8.60. The van der Waals surface area contributed by atoms with E-state index in [0.29, 0.717) is 17.5 Å². The average Bonchev–Trinajstić information content (AvgIpc) is 2.42. The molecule has 0 radical (unpaired) electrons. The molecule has 2 aromatic rings. The van der Waals surface area contributed by atoms with E-state index in [2.05, 4.69) is 20.6 Å². The number of rotatable bonds is 4. The SMILES string of the molecule is CNc1cc(Nc2cc(F)ccc2F)nc(C(C)C)n1. The monoisotopic (exact) mass is 278 g/mol. The first-order chi connectivity index (χ1) is 9.49. The molecule has 1 aromatic heterocycles. The molecular weight excluding hydrogens is 262 g/mol. The lowest BCUT2D eigenvalue weighted by atomic mass is 10.2. The second kappa shape index (κ2) is 5.81. The van der Waals surface area contributed by atoms with E-state index in [1.54, 1.807) is 13.1 Å². The Labute approximate surface area is 116 Å². The minimum Gasteiger partial charge on any atom is -0.373 e. The van der Waals surface area contributed by atoms with E-state index in [9.17, 15) is 8.78 Å². The van der Waals surface area contributed by atoms with Crippen molar-refractivity contribution in [2.24, 2.45) is 0 Å². The topological polar surface area (TPSA) is 49.8 Å². The average molecular weight is 278 g/mol. The Morgan fingerprint density at radius 3 is 2.40 bits per heavy atom. The summed E-state index contributed by atoms with van der Waals surface area (Å²) in [5.41, 5.74) is 0.0421. The first-order valence-corrected chi connectivity index (χ1v) is 6.28. The molecular formula is C14H16F2N4. The molecule has 0 saturated carbocycles. The molecule has 2 N–H and O–H groups in total. The molecule has 0 aliphatic rings. The molecule has 106 valence electrons. The number of halogens is 2. The molecule has 0 spiro atoms. The van der Waals surface area contributed by atoms with Crippen LogP contribution in [0.4, 0.5) is 26.1 Å². The second-order valence-corrected chi connectivity index (χ2v) is 4.65. The van der Waals surface area contributed by atoms with Gasteiger partial charge in [-0.05, 0) is 12.1 Å². The third-order valence-corrected chi connectivity index (χ3v) is 2.71. The molecule has 0 saturated heterocycles. The minimum absolute atomic E-state index is 0.0421. The van der Waals surface area contributed by atoms with E-state index in [1.807, 2.05) is 13.8 Å². The molecule has 2 rings (SSSR count). The maximum absolute atomic E-state index is 13.6. The van der Waals surface area contributed by atoms with E-state index < -0.39 is 11.6 Å². The summed E-state index contributed by atoms with van der Waals surface area (Å²) in [5, 5.41) is 5.69. The predicted octanol–water partition coefficient (Wildman–Crippen LogP) is 3.66. The van der Waals surface area contributed by atoms with Crippen molar-refractivity contribution in [3.63, 3.8) is 0 Å². The van der Waals surface area contributed by atoms with Gasteiger partial charge in [-0.25, -0.2) is 18.7 Å². The smallest absolute Gasteiger partial charge is 0.146 e. The van der Waals surface area contributed by atoms with Gasteiger partial charge in [0, 0.05) is 25.1 Å². The van der Waals surface area contributed by atoms with E-state index in [4.69, 9.17) is 0 Å². The standard InChI is InChI=1S/C14H16F2N4/c1-8(2)14-19-12(17-3)7-13(20-14)18-11-6-9(15)4-5-10(11)16/h4-8H,1-3H3,(H2,17,18,19,20). The van der Waals surface area contributed by atoms with E-state index in [1.165, 1.54) is 0 Å². The van der Waals surface area contributed by atoms with Crippen LogP contribution in [0.1, 0.15) is 25.6 Å². The molecule has 0 amide bonds. The van der Waals surface area contributed by atoms with Crippen LogP contribution in [0.15, 0.2) is 24.3 Å². The highest BCUT2D eigenvalue weighted by molar-refractivity contribution is 5.59. The van der Waals surface area contributed by atoms with Crippen molar-refractivity contribution in [1.29, 1.82) is 0 Å². The predicted molar refractivity (Wildman–Crippen MR) is 75.3 cm³/mol.